The van der Waals surface area contributed by atoms with Gasteiger partial charge in [-0.3, -0.25) is 4.79 Å². The van der Waals surface area contributed by atoms with E-state index >= 15 is 0 Å². The number of nitrogens with zero attached hydrogens (tertiary/aromatic N) is 1. The fourth-order valence-electron chi connectivity index (χ4n) is 2.54. The zero-order valence-corrected chi connectivity index (χ0v) is 11.1. The minimum absolute atomic E-state index is 0.0877. The molecule has 1 atom stereocenters. The van der Waals surface area contributed by atoms with Gasteiger partial charge in [0.05, 0.1) is 0 Å². The van der Waals surface area contributed by atoms with Crippen LogP contribution in [0.25, 0.3) is 0 Å². The van der Waals surface area contributed by atoms with E-state index in [0.29, 0.717) is 5.56 Å². The van der Waals surface area contributed by atoms with Crippen molar-refractivity contribution in [2.45, 2.75) is 25.3 Å². The molecule has 0 spiro atoms. The number of hydrogen-bond acceptors (Lipinski definition) is 4. The Labute approximate surface area is 112 Å². The van der Waals surface area contributed by atoms with Gasteiger partial charge in [-0.25, -0.2) is 0 Å². The highest BCUT2D eigenvalue weighted by atomic mass is 16.3. The Morgan fingerprint density at radius 3 is 2.84 bits per heavy atom. The maximum Gasteiger partial charge on any atom is 0.254 e. The lowest BCUT2D eigenvalue weighted by molar-refractivity contribution is 0.0614. The van der Waals surface area contributed by atoms with Crippen LogP contribution in [0.5, 0.6) is 11.5 Å². The Morgan fingerprint density at radius 1 is 1.37 bits per heavy atom. The number of hydrogen-bond donors (Lipinski definition) is 3. The van der Waals surface area contributed by atoms with Gasteiger partial charge in [-0.2, -0.15) is 0 Å². The molecule has 0 radical (unpaired) electrons. The minimum atomic E-state index is -0.256. The molecule has 2 rings (SSSR count). The van der Waals surface area contributed by atoms with Crippen LogP contribution in [0.4, 0.5) is 0 Å². The third kappa shape index (κ3) is 2.98. The largest absolute Gasteiger partial charge is 0.504 e. The average Bonchev–Trinajstić information content (AvgIpc) is 2.42. The van der Waals surface area contributed by atoms with Crippen molar-refractivity contribution in [3.8, 4) is 11.5 Å². The molecule has 5 nitrogen and oxygen atoms in total. The van der Waals surface area contributed by atoms with Gasteiger partial charge in [0.2, 0.25) is 0 Å². The Morgan fingerprint density at radius 2 is 2.16 bits per heavy atom. The van der Waals surface area contributed by atoms with Crippen LogP contribution >= 0.6 is 0 Å². The van der Waals surface area contributed by atoms with E-state index < -0.39 is 0 Å². The number of rotatable bonds is 3. The molecule has 1 aliphatic rings. The molecule has 104 valence electrons. The summed E-state index contributed by atoms with van der Waals surface area (Å²) in [7, 11) is 1.88. The van der Waals surface area contributed by atoms with E-state index in [2.05, 4.69) is 5.32 Å². The first kappa shape index (κ1) is 13.7. The van der Waals surface area contributed by atoms with Crippen LogP contribution < -0.4 is 5.32 Å². The van der Waals surface area contributed by atoms with Crippen LogP contribution in [-0.2, 0) is 0 Å². The monoisotopic (exact) mass is 264 g/mol. The molecule has 1 saturated heterocycles. The van der Waals surface area contributed by atoms with Gasteiger partial charge in [-0.1, -0.05) is 0 Å². The Hall–Kier alpha value is -1.75. The maximum atomic E-state index is 12.5. The zero-order valence-electron chi connectivity index (χ0n) is 11.1. The number of piperidine rings is 1. The summed E-state index contributed by atoms with van der Waals surface area (Å²) in [5, 5.41) is 21.9. The number of nitrogens with one attached hydrogen (secondary N) is 1. The second kappa shape index (κ2) is 5.93. The molecule has 0 bridgehead atoms. The number of aromatic hydroxyl groups is 2. The SMILES string of the molecule is CNCC1CCCCN1C(=O)c1ccc(O)c(O)c1. The van der Waals surface area contributed by atoms with Crippen molar-refractivity contribution < 1.29 is 15.0 Å². The molecule has 0 saturated carbocycles. The van der Waals surface area contributed by atoms with Gasteiger partial charge in [-0.15, -0.1) is 0 Å². The zero-order chi connectivity index (χ0) is 13.8. The second-order valence-electron chi connectivity index (χ2n) is 4.91. The van der Waals surface area contributed by atoms with Crippen molar-refractivity contribution in [2.75, 3.05) is 20.1 Å². The van der Waals surface area contributed by atoms with Crippen molar-refractivity contribution >= 4 is 5.91 Å². The maximum absolute atomic E-state index is 12.5. The molecule has 5 heteroatoms. The number of carbonyl (C=O) groups excluding carboxylic acids is 1. The number of likely N-dealkylation sites (N-methyl/N-ethyl adjacent to an activating group) is 1. The Kier molecular flexibility index (Phi) is 4.27. The van der Waals surface area contributed by atoms with E-state index in [4.69, 9.17) is 0 Å². The molecule has 1 aliphatic heterocycles. The van der Waals surface area contributed by atoms with Crippen molar-refractivity contribution in [2.24, 2.45) is 0 Å². The van der Waals surface area contributed by atoms with Gasteiger partial charge in [0, 0.05) is 24.7 Å². The molecule has 1 unspecified atom stereocenters. The van der Waals surface area contributed by atoms with Crippen LogP contribution in [-0.4, -0.2) is 47.2 Å². The molecule has 0 aromatic heterocycles. The summed E-state index contributed by atoms with van der Waals surface area (Å²) < 4.78 is 0. The van der Waals surface area contributed by atoms with Gasteiger partial charge < -0.3 is 20.4 Å². The second-order valence-corrected chi connectivity index (χ2v) is 4.91. The van der Waals surface area contributed by atoms with Crippen molar-refractivity contribution in [1.29, 1.82) is 0 Å². The average molecular weight is 264 g/mol. The molecular formula is C14H20N2O3. The number of phenols is 2. The van der Waals surface area contributed by atoms with E-state index in [1.54, 1.807) is 6.07 Å². The third-order valence-corrected chi connectivity index (χ3v) is 3.55. The summed E-state index contributed by atoms with van der Waals surface area (Å²) in [5.74, 6) is -0.551. The normalized spacial score (nSPS) is 19.4. The molecule has 1 aromatic rings. The fraction of sp³-hybridized carbons (Fsp3) is 0.500. The van der Waals surface area contributed by atoms with Gasteiger partial charge in [0.15, 0.2) is 11.5 Å². The van der Waals surface area contributed by atoms with E-state index in [-0.39, 0.29) is 23.4 Å². The topological polar surface area (TPSA) is 72.8 Å². The number of likely N-dealkylation sites (tertiary alicyclic amines) is 1. The van der Waals surface area contributed by atoms with E-state index in [1.807, 2.05) is 11.9 Å². The van der Waals surface area contributed by atoms with Gasteiger partial charge in [0.1, 0.15) is 0 Å². The third-order valence-electron chi connectivity index (χ3n) is 3.55. The molecule has 3 N–H and O–H groups in total. The Bertz CT molecular complexity index is 460. The van der Waals surface area contributed by atoms with Crippen molar-refractivity contribution in [1.82, 2.24) is 10.2 Å². The molecule has 1 amide bonds. The van der Waals surface area contributed by atoms with E-state index in [0.717, 1.165) is 32.4 Å². The van der Waals surface area contributed by atoms with Gasteiger partial charge >= 0.3 is 0 Å². The summed E-state index contributed by atoms with van der Waals surface area (Å²) in [6.45, 7) is 1.52. The summed E-state index contributed by atoms with van der Waals surface area (Å²) in [4.78, 5) is 14.3. The highest BCUT2D eigenvalue weighted by Crippen LogP contribution is 2.27. The quantitative estimate of drug-likeness (QED) is 0.720. The highest BCUT2D eigenvalue weighted by Gasteiger charge is 2.27. The van der Waals surface area contributed by atoms with E-state index in [1.165, 1.54) is 12.1 Å². The first-order valence-corrected chi connectivity index (χ1v) is 6.61. The van der Waals surface area contributed by atoms with Gasteiger partial charge in [0.25, 0.3) is 5.91 Å². The minimum Gasteiger partial charge on any atom is -0.504 e. The van der Waals surface area contributed by atoms with Crippen LogP contribution in [0.15, 0.2) is 18.2 Å². The van der Waals surface area contributed by atoms with Crippen LogP contribution in [0, 0.1) is 0 Å². The lowest BCUT2D eigenvalue weighted by Crippen LogP contribution is -2.48. The lowest BCUT2D eigenvalue weighted by atomic mass is 10.0. The summed E-state index contributed by atoms with van der Waals surface area (Å²) in [5.41, 5.74) is 0.415. The standard InChI is InChI=1S/C14H20N2O3/c1-15-9-11-4-2-3-7-16(11)14(19)10-5-6-12(17)13(18)8-10/h5-6,8,11,15,17-18H,2-4,7,9H2,1H3. The van der Waals surface area contributed by atoms with Crippen molar-refractivity contribution in [3.05, 3.63) is 23.8 Å². The molecular weight excluding hydrogens is 244 g/mol. The van der Waals surface area contributed by atoms with Crippen molar-refractivity contribution in [3.63, 3.8) is 0 Å². The van der Waals surface area contributed by atoms with Crippen LogP contribution in [0.2, 0.25) is 0 Å². The van der Waals surface area contributed by atoms with Crippen LogP contribution in [0.3, 0.4) is 0 Å². The number of benzene rings is 1. The molecule has 0 aliphatic carbocycles. The number of phenolic OH excluding ortho intramolecular Hbond substituents is 2. The molecule has 19 heavy (non-hydrogen) atoms. The molecule has 1 aromatic carbocycles. The predicted molar refractivity (Wildman–Crippen MR) is 72.4 cm³/mol. The van der Waals surface area contributed by atoms with Crippen LogP contribution in [0.1, 0.15) is 29.6 Å². The number of carbonyl (C=O) groups is 1. The summed E-state index contributed by atoms with van der Waals surface area (Å²) in [6.07, 6.45) is 3.14. The first-order valence-electron chi connectivity index (χ1n) is 6.61. The summed E-state index contributed by atoms with van der Waals surface area (Å²) >= 11 is 0. The highest BCUT2D eigenvalue weighted by molar-refractivity contribution is 5.95. The van der Waals surface area contributed by atoms with Gasteiger partial charge in [-0.05, 0) is 44.5 Å². The summed E-state index contributed by atoms with van der Waals surface area (Å²) in [6, 6.07) is 4.41. The molecule has 1 fully saturated rings. The Balaban J connectivity index is 2.18. The van der Waals surface area contributed by atoms with E-state index in [9.17, 15) is 15.0 Å². The fourth-order valence-corrected chi connectivity index (χ4v) is 2.54. The smallest absolute Gasteiger partial charge is 0.254 e. The number of amides is 1. The first-order chi connectivity index (χ1) is 9.13. The predicted octanol–water partition coefficient (Wildman–Crippen LogP) is 1.31. The molecule has 1 heterocycles. The lowest BCUT2D eigenvalue weighted by Gasteiger charge is -2.35.